The SMILES string of the molecule is CC(C)OCCCNC(=O)C(CCS(C)(=O)=O)N1Cc2ccccc2C1=O. The predicted octanol–water partition coefficient (Wildman–Crippen LogP) is 1.38. The van der Waals surface area contributed by atoms with E-state index in [1.165, 1.54) is 4.90 Å². The third-order valence-electron chi connectivity index (χ3n) is 4.36. The molecule has 0 aromatic heterocycles. The van der Waals surface area contributed by atoms with E-state index in [0.717, 1.165) is 11.8 Å². The summed E-state index contributed by atoms with van der Waals surface area (Å²) in [6.07, 6.45) is 1.99. The fourth-order valence-electron chi connectivity index (χ4n) is 3.00. The first-order valence-electron chi connectivity index (χ1n) is 9.15. The second-order valence-corrected chi connectivity index (χ2v) is 9.35. The molecule has 0 bridgehead atoms. The van der Waals surface area contributed by atoms with Crippen molar-refractivity contribution in [3.8, 4) is 0 Å². The van der Waals surface area contributed by atoms with Crippen LogP contribution in [0.25, 0.3) is 0 Å². The van der Waals surface area contributed by atoms with Crippen LogP contribution in [-0.2, 0) is 25.9 Å². The van der Waals surface area contributed by atoms with Crippen LogP contribution in [-0.4, -0.2) is 62.4 Å². The van der Waals surface area contributed by atoms with Crippen LogP contribution in [0.2, 0.25) is 0 Å². The second-order valence-electron chi connectivity index (χ2n) is 7.09. The lowest BCUT2D eigenvalue weighted by Gasteiger charge is -2.26. The molecule has 7 nitrogen and oxygen atoms in total. The quantitative estimate of drug-likeness (QED) is 0.603. The summed E-state index contributed by atoms with van der Waals surface area (Å²) in [7, 11) is -3.24. The Morgan fingerprint density at radius 2 is 2.00 bits per heavy atom. The topological polar surface area (TPSA) is 92.8 Å². The van der Waals surface area contributed by atoms with Gasteiger partial charge in [0.2, 0.25) is 5.91 Å². The standard InChI is InChI=1S/C19H28N2O5S/c1-14(2)26-11-6-10-20-18(22)17(9-12-27(3,24)25)21-13-15-7-4-5-8-16(15)19(21)23/h4-5,7-8,14,17H,6,9-13H2,1-3H3,(H,20,22). The number of hydrogen-bond acceptors (Lipinski definition) is 5. The van der Waals surface area contributed by atoms with E-state index in [-0.39, 0.29) is 30.1 Å². The number of ether oxygens (including phenoxy) is 1. The summed E-state index contributed by atoms with van der Waals surface area (Å²) in [4.78, 5) is 26.9. The smallest absolute Gasteiger partial charge is 0.255 e. The zero-order valence-electron chi connectivity index (χ0n) is 16.1. The molecule has 8 heteroatoms. The third-order valence-corrected chi connectivity index (χ3v) is 5.34. The highest BCUT2D eigenvalue weighted by molar-refractivity contribution is 7.90. The average molecular weight is 397 g/mol. The molecule has 27 heavy (non-hydrogen) atoms. The van der Waals surface area contributed by atoms with Gasteiger partial charge < -0.3 is 15.0 Å². The largest absolute Gasteiger partial charge is 0.379 e. The first-order valence-corrected chi connectivity index (χ1v) is 11.2. The van der Waals surface area contributed by atoms with E-state index < -0.39 is 15.9 Å². The Labute approximate surface area is 161 Å². The van der Waals surface area contributed by atoms with Gasteiger partial charge in [0.25, 0.3) is 5.91 Å². The van der Waals surface area contributed by atoms with Gasteiger partial charge in [0.1, 0.15) is 15.9 Å². The van der Waals surface area contributed by atoms with Gasteiger partial charge in [0.15, 0.2) is 0 Å². The molecule has 150 valence electrons. The Bertz CT molecular complexity index is 776. The van der Waals surface area contributed by atoms with Crippen molar-refractivity contribution in [1.29, 1.82) is 0 Å². The highest BCUT2D eigenvalue weighted by atomic mass is 32.2. The Morgan fingerprint density at radius 3 is 2.63 bits per heavy atom. The van der Waals surface area contributed by atoms with Crippen molar-refractivity contribution in [3.05, 3.63) is 35.4 Å². The molecule has 1 aliphatic heterocycles. The molecular weight excluding hydrogens is 368 g/mol. The summed E-state index contributed by atoms with van der Waals surface area (Å²) in [5, 5.41) is 2.81. The van der Waals surface area contributed by atoms with Crippen LogP contribution in [0.3, 0.4) is 0 Å². The first-order chi connectivity index (χ1) is 12.7. The molecule has 0 aliphatic carbocycles. The van der Waals surface area contributed by atoms with Gasteiger partial charge >= 0.3 is 0 Å². The van der Waals surface area contributed by atoms with Gasteiger partial charge in [-0.3, -0.25) is 9.59 Å². The fourth-order valence-corrected chi connectivity index (χ4v) is 3.65. The summed E-state index contributed by atoms with van der Waals surface area (Å²) < 4.78 is 28.6. The van der Waals surface area contributed by atoms with Crippen molar-refractivity contribution in [3.63, 3.8) is 0 Å². The Kier molecular flexibility index (Phi) is 7.38. The molecule has 1 aliphatic rings. The minimum atomic E-state index is -3.24. The summed E-state index contributed by atoms with van der Waals surface area (Å²) >= 11 is 0. The molecule has 0 saturated heterocycles. The number of nitrogens with one attached hydrogen (secondary N) is 1. The van der Waals surface area contributed by atoms with Crippen LogP contribution >= 0.6 is 0 Å². The zero-order chi connectivity index (χ0) is 20.0. The van der Waals surface area contributed by atoms with Gasteiger partial charge in [0, 0.05) is 31.5 Å². The molecular formula is C19H28N2O5S. The van der Waals surface area contributed by atoms with E-state index in [9.17, 15) is 18.0 Å². The van der Waals surface area contributed by atoms with Crippen molar-refractivity contribution in [2.24, 2.45) is 0 Å². The lowest BCUT2D eigenvalue weighted by molar-refractivity contribution is -0.125. The van der Waals surface area contributed by atoms with Crippen LogP contribution in [0.5, 0.6) is 0 Å². The van der Waals surface area contributed by atoms with Crippen LogP contribution in [0.4, 0.5) is 0 Å². The number of amides is 2. The van der Waals surface area contributed by atoms with Crippen LogP contribution in [0.15, 0.2) is 24.3 Å². The van der Waals surface area contributed by atoms with E-state index in [2.05, 4.69) is 5.32 Å². The van der Waals surface area contributed by atoms with Gasteiger partial charge in [-0.05, 0) is 38.3 Å². The van der Waals surface area contributed by atoms with Gasteiger partial charge in [-0.1, -0.05) is 18.2 Å². The van der Waals surface area contributed by atoms with E-state index >= 15 is 0 Å². The minimum absolute atomic E-state index is 0.0763. The molecule has 0 spiro atoms. The number of sulfone groups is 1. The van der Waals surface area contributed by atoms with Gasteiger partial charge in [0.05, 0.1) is 11.9 Å². The second kappa shape index (κ2) is 9.32. The summed E-state index contributed by atoms with van der Waals surface area (Å²) in [6, 6.07) is 6.39. The van der Waals surface area contributed by atoms with E-state index in [4.69, 9.17) is 4.74 Å². The minimum Gasteiger partial charge on any atom is -0.379 e. The van der Waals surface area contributed by atoms with Crippen molar-refractivity contribution in [2.45, 2.75) is 45.4 Å². The number of carbonyl (C=O) groups is 2. The zero-order valence-corrected chi connectivity index (χ0v) is 16.9. The summed E-state index contributed by atoms with van der Waals surface area (Å²) in [6.45, 7) is 5.14. The van der Waals surface area contributed by atoms with E-state index in [1.807, 2.05) is 26.0 Å². The Hall–Kier alpha value is -1.93. The Balaban J connectivity index is 2.03. The van der Waals surface area contributed by atoms with Crippen LogP contribution in [0, 0.1) is 0 Å². The maximum atomic E-state index is 12.7. The number of carbonyl (C=O) groups excluding carboxylic acids is 2. The molecule has 1 atom stereocenters. The predicted molar refractivity (Wildman–Crippen MR) is 103 cm³/mol. The van der Waals surface area contributed by atoms with Crippen molar-refractivity contribution >= 4 is 21.7 Å². The van der Waals surface area contributed by atoms with Crippen LogP contribution in [0.1, 0.15) is 42.6 Å². The first kappa shape index (κ1) is 21.4. The number of rotatable bonds is 10. The molecule has 0 saturated carbocycles. The molecule has 1 N–H and O–H groups in total. The normalized spacial score (nSPS) is 15.1. The molecule has 2 rings (SSSR count). The van der Waals surface area contributed by atoms with Gasteiger partial charge in [-0.15, -0.1) is 0 Å². The van der Waals surface area contributed by atoms with Crippen molar-refractivity contribution in [1.82, 2.24) is 10.2 Å². The number of benzene rings is 1. The highest BCUT2D eigenvalue weighted by Crippen LogP contribution is 2.25. The van der Waals surface area contributed by atoms with E-state index in [0.29, 0.717) is 31.7 Å². The summed E-state index contributed by atoms with van der Waals surface area (Å²) in [5.41, 5.74) is 1.42. The maximum Gasteiger partial charge on any atom is 0.255 e. The van der Waals surface area contributed by atoms with Gasteiger partial charge in [-0.2, -0.15) is 0 Å². The lowest BCUT2D eigenvalue weighted by Crippen LogP contribution is -2.48. The third kappa shape index (κ3) is 6.32. The highest BCUT2D eigenvalue weighted by Gasteiger charge is 2.36. The Morgan fingerprint density at radius 1 is 1.30 bits per heavy atom. The van der Waals surface area contributed by atoms with Crippen LogP contribution < -0.4 is 5.32 Å². The maximum absolute atomic E-state index is 12.7. The van der Waals surface area contributed by atoms with Crippen molar-refractivity contribution < 1.29 is 22.7 Å². The van der Waals surface area contributed by atoms with E-state index in [1.54, 1.807) is 12.1 Å². The average Bonchev–Trinajstić information content (AvgIpc) is 2.91. The molecule has 0 radical (unpaired) electrons. The number of nitrogens with zero attached hydrogens (tertiary/aromatic N) is 1. The summed E-state index contributed by atoms with van der Waals surface area (Å²) in [5.74, 6) is -0.714. The molecule has 1 aromatic carbocycles. The number of hydrogen-bond donors (Lipinski definition) is 1. The molecule has 1 aromatic rings. The lowest BCUT2D eigenvalue weighted by atomic mass is 10.1. The molecule has 1 unspecified atom stereocenters. The molecule has 1 heterocycles. The van der Waals surface area contributed by atoms with Gasteiger partial charge in [-0.25, -0.2) is 8.42 Å². The molecule has 2 amide bonds. The van der Waals surface area contributed by atoms with Crippen molar-refractivity contribution in [2.75, 3.05) is 25.2 Å². The molecule has 0 fully saturated rings. The number of fused-ring (bicyclic) bond motifs is 1. The monoisotopic (exact) mass is 396 g/mol. The fraction of sp³-hybridized carbons (Fsp3) is 0.579.